The number of ether oxygens (including phenoxy) is 3. The lowest BCUT2D eigenvalue weighted by Gasteiger charge is -2.14. The van der Waals surface area contributed by atoms with Crippen LogP contribution in [0.4, 0.5) is 17.5 Å². The number of benzene rings is 1. The van der Waals surface area contributed by atoms with Gasteiger partial charge in [0.1, 0.15) is 5.82 Å². The first-order valence-corrected chi connectivity index (χ1v) is 6.96. The second-order valence-electron chi connectivity index (χ2n) is 4.47. The van der Waals surface area contributed by atoms with Gasteiger partial charge in [0.05, 0.1) is 21.3 Å². The molecule has 1 heterocycles. The van der Waals surface area contributed by atoms with E-state index in [1.54, 1.807) is 51.8 Å². The molecular formula is C16H20N4O3. The van der Waals surface area contributed by atoms with Crippen molar-refractivity contribution in [3.05, 3.63) is 37.1 Å². The van der Waals surface area contributed by atoms with E-state index in [4.69, 9.17) is 14.2 Å². The van der Waals surface area contributed by atoms with Crippen LogP contribution in [0.3, 0.4) is 0 Å². The molecule has 1 aromatic heterocycles. The van der Waals surface area contributed by atoms with Gasteiger partial charge in [-0.25, -0.2) is 4.98 Å². The summed E-state index contributed by atoms with van der Waals surface area (Å²) >= 11 is 0. The fourth-order valence-electron chi connectivity index (χ4n) is 1.98. The van der Waals surface area contributed by atoms with Gasteiger partial charge in [0.25, 0.3) is 0 Å². The molecule has 0 aliphatic heterocycles. The molecule has 7 heteroatoms. The Hall–Kier alpha value is -2.96. The Morgan fingerprint density at radius 1 is 1.13 bits per heavy atom. The number of methoxy groups -OCH3 is 3. The van der Waals surface area contributed by atoms with Gasteiger partial charge in [-0.1, -0.05) is 6.08 Å². The van der Waals surface area contributed by atoms with Crippen molar-refractivity contribution in [1.29, 1.82) is 0 Å². The van der Waals surface area contributed by atoms with E-state index in [1.807, 2.05) is 0 Å². The molecule has 0 bridgehead atoms. The van der Waals surface area contributed by atoms with E-state index >= 15 is 0 Å². The first-order chi connectivity index (χ1) is 11.2. The average molecular weight is 316 g/mol. The first kappa shape index (κ1) is 16.4. The number of hydrogen-bond acceptors (Lipinski definition) is 7. The fourth-order valence-corrected chi connectivity index (χ4v) is 1.98. The smallest absolute Gasteiger partial charge is 0.229 e. The molecule has 0 atom stereocenters. The summed E-state index contributed by atoms with van der Waals surface area (Å²) in [5.41, 5.74) is 0.723. The highest BCUT2D eigenvalue weighted by molar-refractivity contribution is 5.66. The maximum atomic E-state index is 5.32. The van der Waals surface area contributed by atoms with Crippen LogP contribution < -0.4 is 24.8 Å². The van der Waals surface area contributed by atoms with Crippen molar-refractivity contribution in [1.82, 2.24) is 9.97 Å². The minimum atomic E-state index is 0.452. The standard InChI is InChI=1S/C16H20N4O3/c1-5-7-17-14-6-8-18-16(20-14)19-11-9-12(21-2)15(23-4)13(10-11)22-3/h5-6,8-10H,1,7H2,2-4H3,(H2,17,18,19,20). The topological polar surface area (TPSA) is 77.5 Å². The number of nitrogens with one attached hydrogen (secondary N) is 2. The van der Waals surface area contributed by atoms with Gasteiger partial charge in [-0.3, -0.25) is 0 Å². The predicted octanol–water partition coefficient (Wildman–Crippen LogP) is 2.84. The first-order valence-electron chi connectivity index (χ1n) is 6.96. The molecule has 1 aromatic carbocycles. The van der Waals surface area contributed by atoms with Gasteiger partial charge in [-0.15, -0.1) is 6.58 Å². The second kappa shape index (κ2) is 7.88. The highest BCUT2D eigenvalue weighted by Gasteiger charge is 2.13. The van der Waals surface area contributed by atoms with E-state index in [1.165, 1.54) is 0 Å². The molecule has 0 radical (unpaired) electrons. The molecule has 0 fully saturated rings. The molecule has 0 unspecified atom stereocenters. The van der Waals surface area contributed by atoms with Crippen molar-refractivity contribution in [2.45, 2.75) is 0 Å². The van der Waals surface area contributed by atoms with E-state index in [9.17, 15) is 0 Å². The molecule has 7 nitrogen and oxygen atoms in total. The molecule has 2 aromatic rings. The molecule has 122 valence electrons. The molecule has 0 saturated carbocycles. The van der Waals surface area contributed by atoms with E-state index in [0.717, 1.165) is 5.69 Å². The number of hydrogen-bond donors (Lipinski definition) is 2. The lowest BCUT2D eigenvalue weighted by Crippen LogP contribution is -2.04. The molecule has 23 heavy (non-hydrogen) atoms. The highest BCUT2D eigenvalue weighted by Crippen LogP contribution is 2.40. The van der Waals surface area contributed by atoms with E-state index in [0.29, 0.717) is 35.6 Å². The summed E-state index contributed by atoms with van der Waals surface area (Å²) in [7, 11) is 4.69. The van der Waals surface area contributed by atoms with Crippen LogP contribution >= 0.6 is 0 Å². The van der Waals surface area contributed by atoms with Crippen molar-refractivity contribution >= 4 is 17.5 Å². The molecule has 0 aliphatic rings. The quantitative estimate of drug-likeness (QED) is 0.725. The summed E-state index contributed by atoms with van der Waals surface area (Å²) in [6.45, 7) is 4.28. The summed E-state index contributed by atoms with van der Waals surface area (Å²) in [5, 5.41) is 6.22. The Balaban J connectivity index is 2.27. The Morgan fingerprint density at radius 2 is 1.83 bits per heavy atom. The molecule has 0 aliphatic carbocycles. The molecule has 0 spiro atoms. The second-order valence-corrected chi connectivity index (χ2v) is 4.47. The monoisotopic (exact) mass is 316 g/mol. The molecule has 0 amide bonds. The maximum absolute atomic E-state index is 5.32. The van der Waals surface area contributed by atoms with Gasteiger partial charge in [-0.05, 0) is 6.07 Å². The van der Waals surface area contributed by atoms with Crippen molar-refractivity contribution < 1.29 is 14.2 Å². The van der Waals surface area contributed by atoms with Gasteiger partial charge in [0.2, 0.25) is 11.7 Å². The Bertz CT molecular complexity index is 651. The summed E-state index contributed by atoms with van der Waals surface area (Å²) in [6, 6.07) is 5.35. The van der Waals surface area contributed by atoms with Crippen LogP contribution in [-0.2, 0) is 0 Å². The zero-order valence-corrected chi connectivity index (χ0v) is 13.4. The maximum Gasteiger partial charge on any atom is 0.229 e. The molecule has 0 saturated heterocycles. The predicted molar refractivity (Wildman–Crippen MR) is 90.1 cm³/mol. The lowest BCUT2D eigenvalue weighted by atomic mass is 10.2. The number of aromatic nitrogens is 2. The number of rotatable bonds is 8. The van der Waals surface area contributed by atoms with Crippen LogP contribution in [0.15, 0.2) is 37.1 Å². The SMILES string of the molecule is C=CCNc1ccnc(Nc2cc(OC)c(OC)c(OC)c2)n1. The molecular weight excluding hydrogens is 296 g/mol. The van der Waals surface area contributed by atoms with Crippen LogP contribution in [0.25, 0.3) is 0 Å². The summed E-state index contributed by atoms with van der Waals surface area (Å²) in [6.07, 6.45) is 3.42. The van der Waals surface area contributed by atoms with Crippen molar-refractivity contribution in [2.75, 3.05) is 38.5 Å². The minimum Gasteiger partial charge on any atom is -0.493 e. The molecule has 2 N–H and O–H groups in total. The summed E-state index contributed by atoms with van der Waals surface area (Å²) < 4.78 is 15.9. The summed E-state index contributed by atoms with van der Waals surface area (Å²) in [5.74, 6) is 2.79. The third-order valence-corrected chi connectivity index (χ3v) is 3.00. The van der Waals surface area contributed by atoms with Crippen LogP contribution in [0.1, 0.15) is 0 Å². The minimum absolute atomic E-state index is 0.452. The van der Waals surface area contributed by atoms with Gasteiger partial charge in [0, 0.05) is 30.6 Å². The van der Waals surface area contributed by atoms with Gasteiger partial charge < -0.3 is 24.8 Å². The van der Waals surface area contributed by atoms with Crippen molar-refractivity contribution in [3.63, 3.8) is 0 Å². The number of anilines is 3. The van der Waals surface area contributed by atoms with Crippen LogP contribution in [-0.4, -0.2) is 37.8 Å². The Morgan fingerprint density at radius 3 is 2.39 bits per heavy atom. The normalized spacial score (nSPS) is 9.87. The van der Waals surface area contributed by atoms with E-state index in [2.05, 4.69) is 27.2 Å². The number of nitrogens with zero attached hydrogens (tertiary/aromatic N) is 2. The third kappa shape index (κ3) is 4.03. The Kier molecular flexibility index (Phi) is 5.62. The van der Waals surface area contributed by atoms with Crippen molar-refractivity contribution in [3.8, 4) is 17.2 Å². The van der Waals surface area contributed by atoms with E-state index < -0.39 is 0 Å². The van der Waals surface area contributed by atoms with Gasteiger partial charge >= 0.3 is 0 Å². The van der Waals surface area contributed by atoms with Crippen LogP contribution in [0, 0.1) is 0 Å². The zero-order chi connectivity index (χ0) is 16.7. The van der Waals surface area contributed by atoms with Crippen LogP contribution in [0.2, 0.25) is 0 Å². The Labute approximate surface area is 135 Å². The lowest BCUT2D eigenvalue weighted by molar-refractivity contribution is 0.324. The summed E-state index contributed by atoms with van der Waals surface area (Å²) in [4.78, 5) is 8.56. The van der Waals surface area contributed by atoms with Crippen molar-refractivity contribution in [2.24, 2.45) is 0 Å². The third-order valence-electron chi connectivity index (χ3n) is 3.00. The van der Waals surface area contributed by atoms with Gasteiger partial charge in [-0.2, -0.15) is 4.98 Å². The fraction of sp³-hybridized carbons (Fsp3) is 0.250. The highest BCUT2D eigenvalue weighted by atomic mass is 16.5. The van der Waals surface area contributed by atoms with Gasteiger partial charge in [0.15, 0.2) is 11.5 Å². The van der Waals surface area contributed by atoms with Crippen LogP contribution in [0.5, 0.6) is 17.2 Å². The molecule has 2 rings (SSSR count). The van der Waals surface area contributed by atoms with E-state index in [-0.39, 0.29) is 0 Å². The average Bonchev–Trinajstić information content (AvgIpc) is 2.59. The largest absolute Gasteiger partial charge is 0.493 e. The zero-order valence-electron chi connectivity index (χ0n) is 13.4.